The Labute approximate surface area is 82.2 Å². The summed E-state index contributed by atoms with van der Waals surface area (Å²) in [5, 5.41) is 4.00. The van der Waals surface area contributed by atoms with E-state index in [2.05, 4.69) is 10.5 Å². The molecular weight excluding hydrogens is 178 g/mol. The predicted molar refractivity (Wildman–Crippen MR) is 53.8 cm³/mol. The first-order valence-corrected chi connectivity index (χ1v) is 4.40. The Balaban J connectivity index is 2.31. The molecule has 4 nitrogen and oxygen atoms in total. The van der Waals surface area contributed by atoms with Crippen molar-refractivity contribution in [2.75, 3.05) is 13.6 Å². The molecule has 72 valence electrons. The molecule has 0 saturated heterocycles. The summed E-state index contributed by atoms with van der Waals surface area (Å²) < 4.78 is 0. The zero-order valence-corrected chi connectivity index (χ0v) is 7.90. The van der Waals surface area contributed by atoms with E-state index >= 15 is 0 Å². The lowest BCUT2D eigenvalue weighted by molar-refractivity contribution is -0.121. The molecule has 1 aliphatic rings. The van der Waals surface area contributed by atoms with E-state index in [0.29, 0.717) is 6.54 Å². The number of carbonyl (C=O) groups is 1. The second kappa shape index (κ2) is 3.49. The molecule has 0 bridgehead atoms. The summed E-state index contributed by atoms with van der Waals surface area (Å²) in [6.45, 7) is 0.355. The lowest BCUT2D eigenvalue weighted by Crippen LogP contribution is -2.43. The zero-order chi connectivity index (χ0) is 9.97. The summed E-state index contributed by atoms with van der Waals surface area (Å²) in [5.41, 5.74) is 3.48. The van der Waals surface area contributed by atoms with Crippen LogP contribution in [0.5, 0.6) is 0 Å². The second-order valence-electron chi connectivity index (χ2n) is 3.19. The van der Waals surface area contributed by atoms with E-state index in [1.807, 2.05) is 42.3 Å². The number of hydrogen-bond donors (Lipinski definition) is 1. The van der Waals surface area contributed by atoms with Crippen molar-refractivity contribution in [3.8, 4) is 0 Å². The van der Waals surface area contributed by atoms with Gasteiger partial charge in [0.1, 0.15) is 0 Å². The van der Waals surface area contributed by atoms with Crippen LogP contribution in [-0.2, 0) is 4.79 Å². The molecule has 0 radical (unpaired) electrons. The smallest absolute Gasteiger partial charge is 0.259 e. The summed E-state index contributed by atoms with van der Waals surface area (Å²) in [6.07, 6.45) is 0. The van der Waals surface area contributed by atoms with Gasteiger partial charge in [-0.15, -0.1) is 0 Å². The third-order valence-electron chi connectivity index (χ3n) is 2.06. The summed E-state index contributed by atoms with van der Waals surface area (Å²) in [5.74, 6) is 0.720. The molecule has 0 saturated carbocycles. The quantitative estimate of drug-likeness (QED) is 0.695. The standard InChI is InChI=1S/C10H11N3O/c1-13-7-9(14)11-12-10(13)8-5-3-2-4-6-8/h2-6H,7H2,1H3,(H,11,14). The van der Waals surface area contributed by atoms with Crippen molar-refractivity contribution in [2.24, 2.45) is 5.10 Å². The van der Waals surface area contributed by atoms with E-state index in [0.717, 1.165) is 11.4 Å². The van der Waals surface area contributed by atoms with Gasteiger partial charge in [-0.3, -0.25) is 4.79 Å². The summed E-state index contributed by atoms with van der Waals surface area (Å²) in [6, 6.07) is 9.77. The van der Waals surface area contributed by atoms with Crippen molar-refractivity contribution >= 4 is 11.7 Å². The second-order valence-corrected chi connectivity index (χ2v) is 3.19. The minimum atomic E-state index is -0.0767. The lowest BCUT2D eigenvalue weighted by Gasteiger charge is -2.24. The lowest BCUT2D eigenvalue weighted by atomic mass is 10.2. The van der Waals surface area contributed by atoms with Crippen LogP contribution in [0.2, 0.25) is 0 Å². The molecule has 4 heteroatoms. The Hall–Kier alpha value is -1.84. The summed E-state index contributed by atoms with van der Waals surface area (Å²) in [7, 11) is 1.85. The third kappa shape index (κ3) is 1.59. The first-order valence-electron chi connectivity index (χ1n) is 4.40. The Morgan fingerprint density at radius 1 is 1.36 bits per heavy atom. The van der Waals surface area contributed by atoms with Crippen molar-refractivity contribution in [3.63, 3.8) is 0 Å². The van der Waals surface area contributed by atoms with E-state index in [1.165, 1.54) is 0 Å². The van der Waals surface area contributed by atoms with Crippen molar-refractivity contribution < 1.29 is 4.79 Å². The minimum Gasteiger partial charge on any atom is -0.348 e. The van der Waals surface area contributed by atoms with Gasteiger partial charge < -0.3 is 4.90 Å². The van der Waals surface area contributed by atoms with Crippen molar-refractivity contribution in [1.82, 2.24) is 10.3 Å². The average molecular weight is 189 g/mol. The molecule has 0 aliphatic carbocycles. The van der Waals surface area contributed by atoms with Gasteiger partial charge in [0.15, 0.2) is 5.84 Å². The van der Waals surface area contributed by atoms with Gasteiger partial charge in [-0.05, 0) is 0 Å². The van der Waals surface area contributed by atoms with E-state index in [9.17, 15) is 4.79 Å². The molecule has 0 aromatic heterocycles. The molecule has 1 amide bonds. The largest absolute Gasteiger partial charge is 0.348 e. The molecule has 0 spiro atoms. The minimum absolute atomic E-state index is 0.0767. The fraction of sp³-hybridized carbons (Fsp3) is 0.200. The molecular formula is C10H11N3O. The van der Waals surface area contributed by atoms with Gasteiger partial charge in [0.05, 0.1) is 6.54 Å². The fourth-order valence-electron chi connectivity index (χ4n) is 1.40. The average Bonchev–Trinajstić information content (AvgIpc) is 2.19. The number of carbonyl (C=O) groups excluding carboxylic acids is 1. The number of benzene rings is 1. The molecule has 1 aromatic rings. The van der Waals surface area contributed by atoms with Crippen LogP contribution < -0.4 is 5.43 Å². The first kappa shape index (κ1) is 8.74. The fourth-order valence-corrected chi connectivity index (χ4v) is 1.40. The van der Waals surface area contributed by atoms with Crippen LogP contribution in [0.25, 0.3) is 0 Å². The van der Waals surface area contributed by atoms with Gasteiger partial charge in [-0.1, -0.05) is 30.3 Å². The van der Waals surface area contributed by atoms with Gasteiger partial charge in [-0.2, -0.15) is 5.10 Å². The third-order valence-corrected chi connectivity index (χ3v) is 2.06. The van der Waals surface area contributed by atoms with Crippen LogP contribution in [0.1, 0.15) is 5.56 Å². The number of likely N-dealkylation sites (N-methyl/N-ethyl adjacent to an activating group) is 1. The monoisotopic (exact) mass is 189 g/mol. The number of hydrogen-bond acceptors (Lipinski definition) is 3. The molecule has 14 heavy (non-hydrogen) atoms. The highest BCUT2D eigenvalue weighted by Gasteiger charge is 2.17. The number of nitrogens with one attached hydrogen (secondary N) is 1. The highest BCUT2D eigenvalue weighted by atomic mass is 16.2. The van der Waals surface area contributed by atoms with Crippen molar-refractivity contribution in [1.29, 1.82) is 0 Å². The normalized spacial score (nSPS) is 16.2. The maximum atomic E-state index is 11.0. The topological polar surface area (TPSA) is 44.7 Å². The van der Waals surface area contributed by atoms with Crippen molar-refractivity contribution in [2.45, 2.75) is 0 Å². The summed E-state index contributed by atoms with van der Waals surface area (Å²) in [4.78, 5) is 12.8. The molecule has 1 N–H and O–H groups in total. The Bertz CT molecular complexity index is 372. The maximum absolute atomic E-state index is 11.0. The maximum Gasteiger partial charge on any atom is 0.259 e. The molecule has 0 fully saturated rings. The molecule has 1 heterocycles. The van der Waals surface area contributed by atoms with Crippen LogP contribution in [-0.4, -0.2) is 30.2 Å². The number of rotatable bonds is 1. The molecule has 2 rings (SSSR count). The van der Waals surface area contributed by atoms with Crippen LogP contribution in [0.3, 0.4) is 0 Å². The van der Waals surface area contributed by atoms with Crippen LogP contribution in [0.4, 0.5) is 0 Å². The first-order chi connectivity index (χ1) is 6.77. The molecule has 0 unspecified atom stereocenters. The van der Waals surface area contributed by atoms with E-state index in [4.69, 9.17) is 0 Å². The molecule has 0 atom stereocenters. The van der Waals surface area contributed by atoms with Gasteiger partial charge >= 0.3 is 0 Å². The number of hydrazone groups is 1. The van der Waals surface area contributed by atoms with Gasteiger partial charge in [0, 0.05) is 12.6 Å². The number of amidine groups is 1. The SMILES string of the molecule is CN1CC(=O)NN=C1c1ccccc1. The Morgan fingerprint density at radius 2 is 2.07 bits per heavy atom. The van der Waals surface area contributed by atoms with Gasteiger partial charge in [-0.25, -0.2) is 5.43 Å². The number of amides is 1. The van der Waals surface area contributed by atoms with Crippen LogP contribution in [0.15, 0.2) is 35.4 Å². The van der Waals surface area contributed by atoms with Crippen LogP contribution >= 0.6 is 0 Å². The Morgan fingerprint density at radius 3 is 2.71 bits per heavy atom. The van der Waals surface area contributed by atoms with Crippen molar-refractivity contribution in [3.05, 3.63) is 35.9 Å². The van der Waals surface area contributed by atoms with Gasteiger partial charge in [0.2, 0.25) is 0 Å². The molecule has 1 aliphatic heterocycles. The highest BCUT2D eigenvalue weighted by molar-refractivity contribution is 6.02. The summed E-state index contributed by atoms with van der Waals surface area (Å²) >= 11 is 0. The predicted octanol–water partition coefficient (Wildman–Crippen LogP) is 0.410. The number of nitrogens with zero attached hydrogens (tertiary/aromatic N) is 2. The highest BCUT2D eigenvalue weighted by Crippen LogP contribution is 2.06. The van der Waals surface area contributed by atoms with E-state index < -0.39 is 0 Å². The van der Waals surface area contributed by atoms with Crippen LogP contribution in [0, 0.1) is 0 Å². The Kier molecular flexibility index (Phi) is 2.18. The van der Waals surface area contributed by atoms with E-state index in [-0.39, 0.29) is 5.91 Å². The molecule has 1 aromatic carbocycles. The van der Waals surface area contributed by atoms with Gasteiger partial charge in [0.25, 0.3) is 5.91 Å². The van der Waals surface area contributed by atoms with E-state index in [1.54, 1.807) is 0 Å². The zero-order valence-electron chi connectivity index (χ0n) is 7.90.